The lowest BCUT2D eigenvalue weighted by Gasteiger charge is -2.22. The molecule has 0 amide bonds. The summed E-state index contributed by atoms with van der Waals surface area (Å²) in [5.74, 6) is 0. The maximum atomic E-state index is 12.6. The van der Waals surface area contributed by atoms with E-state index < -0.39 is 45.9 Å². The molecule has 1 aromatic carbocycles. The Labute approximate surface area is 111 Å². The highest BCUT2D eigenvalue weighted by Crippen LogP contribution is 2.04. The van der Waals surface area contributed by atoms with Crippen molar-refractivity contribution in [1.82, 2.24) is 0 Å². The largest absolute Gasteiger partial charge is 0.494 e. The number of hydrogen-bond acceptors (Lipinski definition) is 4. The molecular weight excluding hydrogens is 257 g/mol. The average molecular weight is 274 g/mol. The molecular formula is C12H17BF2O4. The van der Waals surface area contributed by atoms with Gasteiger partial charge in [-0.2, -0.15) is 0 Å². The third kappa shape index (κ3) is 5.24. The van der Waals surface area contributed by atoms with Crippen molar-refractivity contribution in [3.8, 4) is 0 Å². The van der Waals surface area contributed by atoms with Gasteiger partial charge in [0.2, 0.25) is 0 Å². The van der Waals surface area contributed by atoms with Crippen LogP contribution in [0, 0.1) is 0 Å². The van der Waals surface area contributed by atoms with E-state index in [1.807, 2.05) is 0 Å². The van der Waals surface area contributed by atoms with Crippen LogP contribution in [0.2, 0.25) is 0 Å². The Morgan fingerprint density at radius 3 is 1.79 bits per heavy atom. The number of alkyl halides is 2. The lowest BCUT2D eigenvalue weighted by atomic mass is 9.78. The fraction of sp³-hybridized carbons (Fsp3) is 0.500. The third-order valence-electron chi connectivity index (χ3n) is 2.46. The van der Waals surface area contributed by atoms with Gasteiger partial charge in [0, 0.05) is 0 Å². The Balaban J connectivity index is 2.78. The van der Waals surface area contributed by atoms with Gasteiger partial charge < -0.3 is 19.5 Å². The van der Waals surface area contributed by atoms with Crippen LogP contribution in [-0.4, -0.2) is 56.1 Å². The molecule has 0 bridgehead atoms. The normalized spacial score (nSPS) is 14.1. The summed E-state index contributed by atoms with van der Waals surface area (Å²) in [5.41, 5.74) is 0.557. The number of hydrogen-bond donors (Lipinski definition) is 2. The van der Waals surface area contributed by atoms with Crippen molar-refractivity contribution in [1.29, 1.82) is 0 Å². The second-order valence-corrected chi connectivity index (χ2v) is 3.93. The van der Waals surface area contributed by atoms with Crippen molar-refractivity contribution >= 4 is 12.6 Å². The smallest absolute Gasteiger partial charge is 0.399 e. The molecule has 106 valence electrons. The van der Waals surface area contributed by atoms with Crippen LogP contribution in [0.4, 0.5) is 8.78 Å². The molecule has 0 radical (unpaired) electrons. The van der Waals surface area contributed by atoms with Gasteiger partial charge in [0.25, 0.3) is 0 Å². The fourth-order valence-electron chi connectivity index (χ4n) is 1.41. The molecule has 2 N–H and O–H groups in total. The van der Waals surface area contributed by atoms with Crippen molar-refractivity contribution in [2.24, 2.45) is 0 Å². The summed E-state index contributed by atoms with van der Waals surface area (Å²) < 4.78 is 35.6. The number of rotatable bonds is 9. The van der Waals surface area contributed by atoms with E-state index >= 15 is 0 Å². The first-order valence-electron chi connectivity index (χ1n) is 5.94. The van der Waals surface area contributed by atoms with Crippen molar-refractivity contribution in [3.63, 3.8) is 0 Å². The molecule has 0 saturated carbocycles. The number of aliphatic hydroxyl groups is 2. The van der Waals surface area contributed by atoms with Gasteiger partial charge in [-0.05, 0) is 5.46 Å². The summed E-state index contributed by atoms with van der Waals surface area (Å²) in [4.78, 5) is 0. The summed E-state index contributed by atoms with van der Waals surface area (Å²) in [6, 6.07) is 8.57. The molecule has 0 spiro atoms. The van der Waals surface area contributed by atoms with Crippen LogP contribution in [0.3, 0.4) is 0 Å². The minimum Gasteiger partial charge on any atom is -0.399 e. The number of benzene rings is 1. The molecule has 0 aliphatic heterocycles. The lowest BCUT2D eigenvalue weighted by molar-refractivity contribution is 0.0320. The lowest BCUT2D eigenvalue weighted by Crippen LogP contribution is -2.45. The molecule has 0 saturated heterocycles. The monoisotopic (exact) mass is 274 g/mol. The van der Waals surface area contributed by atoms with E-state index in [2.05, 4.69) is 0 Å². The first-order valence-corrected chi connectivity index (χ1v) is 5.94. The number of halogens is 2. The zero-order chi connectivity index (χ0) is 14.1. The molecule has 0 aliphatic rings. The van der Waals surface area contributed by atoms with Crippen LogP contribution in [0.5, 0.6) is 0 Å². The van der Waals surface area contributed by atoms with Crippen molar-refractivity contribution in [3.05, 3.63) is 30.3 Å². The Hall–Kier alpha value is -1.02. The molecule has 0 aromatic heterocycles. The topological polar surface area (TPSA) is 58.9 Å². The van der Waals surface area contributed by atoms with Crippen LogP contribution >= 0.6 is 0 Å². The van der Waals surface area contributed by atoms with Crippen molar-refractivity contribution in [2.75, 3.05) is 26.6 Å². The van der Waals surface area contributed by atoms with Gasteiger partial charge in [-0.3, -0.25) is 0 Å². The molecule has 0 fully saturated rings. The molecule has 1 rings (SSSR count). The van der Waals surface area contributed by atoms with Crippen LogP contribution in [0.15, 0.2) is 30.3 Å². The first kappa shape index (κ1) is 16.0. The van der Waals surface area contributed by atoms with Crippen LogP contribution in [-0.2, 0) is 9.31 Å². The van der Waals surface area contributed by atoms with Gasteiger partial charge in [-0.25, -0.2) is 8.78 Å². The van der Waals surface area contributed by atoms with Crippen molar-refractivity contribution < 1.29 is 28.3 Å². The molecule has 19 heavy (non-hydrogen) atoms. The SMILES string of the molecule is OCC(CF)OB(OC(CO)CF)c1ccccc1. The maximum Gasteiger partial charge on any atom is 0.494 e. The van der Waals surface area contributed by atoms with Crippen LogP contribution in [0.25, 0.3) is 0 Å². The standard InChI is InChI=1S/C12H17BF2O4/c14-6-11(8-16)18-13(19-12(7-15)9-17)10-4-2-1-3-5-10/h1-5,11-12,16-17H,6-9H2. The minimum absolute atomic E-state index is 0.511. The van der Waals surface area contributed by atoms with Gasteiger partial charge in [0.05, 0.1) is 25.4 Å². The Morgan fingerprint density at radius 1 is 0.947 bits per heavy atom. The van der Waals surface area contributed by atoms with Gasteiger partial charge in [-0.15, -0.1) is 0 Å². The van der Waals surface area contributed by atoms with Crippen LogP contribution < -0.4 is 5.46 Å². The molecule has 1 aromatic rings. The molecule has 4 nitrogen and oxygen atoms in total. The molecule has 0 heterocycles. The second-order valence-electron chi connectivity index (χ2n) is 3.93. The third-order valence-corrected chi connectivity index (χ3v) is 2.46. The Kier molecular flexibility index (Phi) is 7.58. The van der Waals surface area contributed by atoms with Crippen LogP contribution in [0.1, 0.15) is 0 Å². The van der Waals surface area contributed by atoms with E-state index in [-0.39, 0.29) is 0 Å². The Bertz CT molecular complexity index is 320. The molecule has 2 atom stereocenters. The summed E-state index contributed by atoms with van der Waals surface area (Å²) in [5, 5.41) is 17.9. The summed E-state index contributed by atoms with van der Waals surface area (Å²) in [6.45, 7) is -2.80. The quantitative estimate of drug-likeness (QED) is 0.626. The summed E-state index contributed by atoms with van der Waals surface area (Å²) in [6.07, 6.45) is -2.10. The van der Waals surface area contributed by atoms with E-state index in [0.717, 1.165) is 0 Å². The van der Waals surface area contributed by atoms with E-state index in [1.54, 1.807) is 30.3 Å². The van der Waals surface area contributed by atoms with E-state index in [9.17, 15) is 8.78 Å². The van der Waals surface area contributed by atoms with Gasteiger partial charge >= 0.3 is 7.12 Å². The molecule has 7 heteroatoms. The van der Waals surface area contributed by atoms with E-state index in [4.69, 9.17) is 19.5 Å². The zero-order valence-corrected chi connectivity index (χ0v) is 10.4. The first-order chi connectivity index (χ1) is 9.24. The van der Waals surface area contributed by atoms with Gasteiger partial charge in [0.1, 0.15) is 13.3 Å². The summed E-state index contributed by atoms with van der Waals surface area (Å²) in [7, 11) is -1.04. The van der Waals surface area contributed by atoms with E-state index in [1.165, 1.54) is 0 Å². The average Bonchev–Trinajstić information content (AvgIpc) is 2.48. The minimum atomic E-state index is -1.05. The Morgan fingerprint density at radius 2 is 1.42 bits per heavy atom. The molecule has 2 unspecified atom stereocenters. The predicted molar refractivity (Wildman–Crippen MR) is 67.7 cm³/mol. The van der Waals surface area contributed by atoms with Crippen molar-refractivity contribution in [2.45, 2.75) is 12.2 Å². The second kappa shape index (κ2) is 8.98. The highest BCUT2D eigenvalue weighted by molar-refractivity contribution is 6.61. The predicted octanol–water partition coefficient (Wildman–Crippen LogP) is 0.0758. The fourth-order valence-corrected chi connectivity index (χ4v) is 1.41. The highest BCUT2D eigenvalue weighted by Gasteiger charge is 2.28. The van der Waals surface area contributed by atoms with Gasteiger partial charge in [-0.1, -0.05) is 30.3 Å². The summed E-state index contributed by atoms with van der Waals surface area (Å²) >= 11 is 0. The highest BCUT2D eigenvalue weighted by atomic mass is 19.1. The van der Waals surface area contributed by atoms with Gasteiger partial charge in [0.15, 0.2) is 0 Å². The van der Waals surface area contributed by atoms with E-state index in [0.29, 0.717) is 5.46 Å². The molecule has 0 aliphatic carbocycles. The maximum absolute atomic E-state index is 12.6. The number of aliphatic hydroxyl groups excluding tert-OH is 2. The zero-order valence-electron chi connectivity index (χ0n) is 10.4.